The predicted octanol–water partition coefficient (Wildman–Crippen LogP) is 0.494. The van der Waals surface area contributed by atoms with Crippen molar-refractivity contribution in [2.75, 3.05) is 50.7 Å². The third-order valence-corrected chi connectivity index (χ3v) is 5.29. The van der Waals surface area contributed by atoms with Crippen LogP contribution in [0.15, 0.2) is 4.42 Å². The van der Waals surface area contributed by atoms with E-state index in [0.717, 1.165) is 25.9 Å². The Kier molecular flexibility index (Phi) is 6.52. The summed E-state index contributed by atoms with van der Waals surface area (Å²) in [5, 5.41) is 12.2. The molecule has 2 fully saturated rings. The van der Waals surface area contributed by atoms with Crippen LogP contribution in [-0.4, -0.2) is 78.5 Å². The van der Waals surface area contributed by atoms with E-state index < -0.39 is 0 Å². The number of nitrogens with zero attached hydrogens (tertiary/aromatic N) is 5. The summed E-state index contributed by atoms with van der Waals surface area (Å²) >= 11 is 0. The number of hydrogen-bond acceptors (Lipinski definition) is 7. The van der Waals surface area contributed by atoms with Gasteiger partial charge in [-0.2, -0.15) is 5.26 Å². The fourth-order valence-electron chi connectivity index (χ4n) is 3.80. The van der Waals surface area contributed by atoms with E-state index in [9.17, 15) is 14.9 Å². The van der Waals surface area contributed by atoms with Gasteiger partial charge in [0.1, 0.15) is 6.07 Å². The smallest absolute Gasteiger partial charge is 0.236 e. The molecule has 28 heavy (non-hydrogen) atoms. The number of piperidine rings is 1. The van der Waals surface area contributed by atoms with Crippen molar-refractivity contribution < 1.29 is 14.0 Å². The molecule has 9 nitrogen and oxygen atoms in total. The second kappa shape index (κ2) is 9.06. The molecule has 2 amide bonds. The minimum atomic E-state index is 0.0636. The molecule has 1 aromatic heterocycles. The van der Waals surface area contributed by atoms with Crippen molar-refractivity contribution in [3.05, 3.63) is 11.6 Å². The lowest BCUT2D eigenvalue weighted by molar-refractivity contribution is -0.133. The minimum absolute atomic E-state index is 0.0636. The van der Waals surface area contributed by atoms with Gasteiger partial charge < -0.3 is 19.5 Å². The number of oxazole rings is 1. The highest BCUT2D eigenvalue weighted by Gasteiger charge is 2.28. The number of piperazine rings is 1. The van der Waals surface area contributed by atoms with Gasteiger partial charge >= 0.3 is 0 Å². The summed E-state index contributed by atoms with van der Waals surface area (Å²) < 4.78 is 5.56. The molecule has 152 valence electrons. The quantitative estimate of drug-likeness (QED) is 0.783. The maximum absolute atomic E-state index is 12.7. The second-order valence-corrected chi connectivity index (χ2v) is 7.36. The highest BCUT2D eigenvalue weighted by molar-refractivity contribution is 5.78. The van der Waals surface area contributed by atoms with E-state index in [2.05, 4.69) is 21.3 Å². The SMILES string of the molecule is CCC(=O)NC1CCCN(CC(=O)N2CCN(c3oc(C)nc3C#N)CC2)C1. The van der Waals surface area contributed by atoms with Crippen LogP contribution in [-0.2, 0) is 9.59 Å². The number of amides is 2. The van der Waals surface area contributed by atoms with Crippen molar-refractivity contribution in [1.29, 1.82) is 5.26 Å². The normalized spacial score (nSPS) is 20.7. The average molecular weight is 388 g/mol. The summed E-state index contributed by atoms with van der Waals surface area (Å²) in [6.45, 7) is 7.96. The zero-order valence-corrected chi connectivity index (χ0v) is 16.6. The fraction of sp³-hybridized carbons (Fsp3) is 0.684. The first-order valence-corrected chi connectivity index (χ1v) is 9.92. The van der Waals surface area contributed by atoms with Gasteiger partial charge in [-0.25, -0.2) is 4.98 Å². The van der Waals surface area contributed by atoms with Gasteiger partial charge in [0, 0.05) is 52.1 Å². The van der Waals surface area contributed by atoms with Crippen molar-refractivity contribution in [3.63, 3.8) is 0 Å². The monoisotopic (exact) mass is 388 g/mol. The minimum Gasteiger partial charge on any atom is -0.424 e. The number of hydrogen-bond donors (Lipinski definition) is 1. The Morgan fingerprint density at radius 3 is 2.71 bits per heavy atom. The lowest BCUT2D eigenvalue weighted by atomic mass is 10.1. The summed E-state index contributed by atoms with van der Waals surface area (Å²) in [6, 6.07) is 2.19. The van der Waals surface area contributed by atoms with Crippen molar-refractivity contribution >= 4 is 17.7 Å². The molecule has 0 aliphatic carbocycles. The highest BCUT2D eigenvalue weighted by Crippen LogP contribution is 2.22. The fourth-order valence-corrected chi connectivity index (χ4v) is 3.80. The molecule has 3 rings (SSSR count). The number of aryl methyl sites for hydroxylation is 1. The molecule has 2 aliphatic heterocycles. The third kappa shape index (κ3) is 4.81. The molecule has 0 radical (unpaired) electrons. The summed E-state index contributed by atoms with van der Waals surface area (Å²) in [4.78, 5) is 34.4. The van der Waals surface area contributed by atoms with E-state index in [-0.39, 0.29) is 17.9 Å². The van der Waals surface area contributed by atoms with Crippen LogP contribution in [0.1, 0.15) is 37.8 Å². The van der Waals surface area contributed by atoms with Crippen molar-refractivity contribution in [3.8, 4) is 6.07 Å². The number of carbonyl (C=O) groups is 2. The lowest BCUT2D eigenvalue weighted by Gasteiger charge is -2.37. The van der Waals surface area contributed by atoms with Gasteiger partial charge in [-0.05, 0) is 19.4 Å². The Labute approximate surface area is 165 Å². The Balaban J connectivity index is 1.48. The number of carbonyl (C=O) groups excluding carboxylic acids is 2. The molecule has 2 saturated heterocycles. The molecule has 9 heteroatoms. The molecule has 1 unspecified atom stereocenters. The van der Waals surface area contributed by atoms with Crippen LogP contribution in [0, 0.1) is 18.3 Å². The molecule has 0 aromatic carbocycles. The molecule has 0 bridgehead atoms. The van der Waals surface area contributed by atoms with E-state index >= 15 is 0 Å². The largest absolute Gasteiger partial charge is 0.424 e. The van der Waals surface area contributed by atoms with Crippen molar-refractivity contribution in [2.45, 2.75) is 39.2 Å². The molecular weight excluding hydrogens is 360 g/mol. The standard InChI is InChI=1S/C19H28N6O3/c1-3-17(26)22-15-5-4-6-23(12-15)13-18(27)24-7-9-25(10-8-24)19-16(11-20)21-14(2)28-19/h15H,3-10,12-13H2,1-2H3,(H,22,26). The Morgan fingerprint density at radius 2 is 2.04 bits per heavy atom. The van der Waals surface area contributed by atoms with E-state index in [1.165, 1.54) is 0 Å². The molecule has 1 aromatic rings. The summed E-state index contributed by atoms with van der Waals surface area (Å²) in [6.07, 6.45) is 2.43. The summed E-state index contributed by atoms with van der Waals surface area (Å²) in [5.41, 5.74) is 0.297. The molecule has 2 aliphatic rings. The zero-order chi connectivity index (χ0) is 20.1. The Morgan fingerprint density at radius 1 is 1.29 bits per heavy atom. The Hall–Kier alpha value is -2.60. The van der Waals surface area contributed by atoms with Crippen LogP contribution in [0.5, 0.6) is 0 Å². The van der Waals surface area contributed by atoms with Crippen molar-refractivity contribution in [1.82, 2.24) is 20.1 Å². The molecule has 1 N–H and O–H groups in total. The molecule has 3 heterocycles. The van der Waals surface area contributed by atoms with Crippen LogP contribution in [0.3, 0.4) is 0 Å². The number of rotatable bonds is 5. The van der Waals surface area contributed by atoms with E-state index in [0.29, 0.717) is 56.6 Å². The van der Waals surface area contributed by atoms with Crippen LogP contribution < -0.4 is 10.2 Å². The number of aromatic nitrogens is 1. The van der Waals surface area contributed by atoms with Gasteiger partial charge in [-0.15, -0.1) is 0 Å². The first-order valence-electron chi connectivity index (χ1n) is 9.92. The van der Waals surface area contributed by atoms with Gasteiger partial charge in [0.25, 0.3) is 0 Å². The lowest BCUT2D eigenvalue weighted by Crippen LogP contribution is -2.54. The summed E-state index contributed by atoms with van der Waals surface area (Å²) in [5.74, 6) is 1.14. The van der Waals surface area contributed by atoms with Crippen LogP contribution >= 0.6 is 0 Å². The van der Waals surface area contributed by atoms with Gasteiger partial charge in [-0.3, -0.25) is 14.5 Å². The Bertz CT molecular complexity index is 747. The maximum Gasteiger partial charge on any atom is 0.236 e. The van der Waals surface area contributed by atoms with Crippen LogP contribution in [0.4, 0.5) is 5.88 Å². The van der Waals surface area contributed by atoms with Gasteiger partial charge in [0.15, 0.2) is 5.89 Å². The number of nitrogens with one attached hydrogen (secondary N) is 1. The van der Waals surface area contributed by atoms with Gasteiger partial charge in [0.05, 0.1) is 6.54 Å². The number of nitriles is 1. The summed E-state index contributed by atoms with van der Waals surface area (Å²) in [7, 11) is 0. The average Bonchev–Trinajstić information content (AvgIpc) is 3.09. The van der Waals surface area contributed by atoms with E-state index in [1.807, 2.05) is 16.7 Å². The van der Waals surface area contributed by atoms with Gasteiger partial charge in [0.2, 0.25) is 23.4 Å². The molecular formula is C19H28N6O3. The first kappa shape index (κ1) is 20.1. The second-order valence-electron chi connectivity index (χ2n) is 7.36. The number of anilines is 1. The third-order valence-electron chi connectivity index (χ3n) is 5.29. The van der Waals surface area contributed by atoms with Crippen LogP contribution in [0.2, 0.25) is 0 Å². The first-order chi connectivity index (χ1) is 13.5. The topological polar surface area (TPSA) is 106 Å². The predicted molar refractivity (Wildman–Crippen MR) is 103 cm³/mol. The maximum atomic E-state index is 12.7. The van der Waals surface area contributed by atoms with E-state index in [4.69, 9.17) is 4.42 Å². The zero-order valence-electron chi connectivity index (χ0n) is 16.6. The molecule has 0 spiro atoms. The van der Waals surface area contributed by atoms with Gasteiger partial charge in [-0.1, -0.05) is 6.92 Å². The molecule has 1 atom stereocenters. The molecule has 0 saturated carbocycles. The van der Waals surface area contributed by atoms with E-state index in [1.54, 1.807) is 6.92 Å². The highest BCUT2D eigenvalue weighted by atomic mass is 16.4. The number of likely N-dealkylation sites (tertiary alicyclic amines) is 1. The van der Waals surface area contributed by atoms with Crippen molar-refractivity contribution in [2.24, 2.45) is 0 Å². The van der Waals surface area contributed by atoms with Crippen LogP contribution in [0.25, 0.3) is 0 Å².